The molecule has 4 aromatic rings. The van der Waals surface area contributed by atoms with Gasteiger partial charge in [-0.15, -0.1) is 0 Å². The summed E-state index contributed by atoms with van der Waals surface area (Å²) in [5.74, 6) is -0.637. The molecule has 0 atom stereocenters. The number of benzene rings is 1. The second-order valence-electron chi connectivity index (χ2n) is 9.66. The number of carbonyl (C=O) groups excluding carboxylic acids is 1. The molecule has 184 valence electrons. The average Bonchev–Trinajstić information content (AvgIpc) is 3.30. The van der Waals surface area contributed by atoms with Gasteiger partial charge in [0.2, 0.25) is 0 Å². The minimum Gasteiger partial charge on any atom is -0.317 e. The van der Waals surface area contributed by atoms with Crippen LogP contribution in [-0.2, 0) is 18.1 Å². The summed E-state index contributed by atoms with van der Waals surface area (Å²) < 4.78 is 43.7. The summed E-state index contributed by atoms with van der Waals surface area (Å²) >= 11 is 0. The number of rotatable bonds is 4. The van der Waals surface area contributed by atoms with Gasteiger partial charge in [0.25, 0.3) is 5.91 Å². The number of anilines is 1. The van der Waals surface area contributed by atoms with Crippen molar-refractivity contribution >= 4 is 17.2 Å². The van der Waals surface area contributed by atoms with Crippen LogP contribution in [0.4, 0.5) is 18.9 Å². The van der Waals surface area contributed by atoms with E-state index in [1.165, 1.54) is 6.07 Å². The smallest absolute Gasteiger partial charge is 0.317 e. The van der Waals surface area contributed by atoms with Crippen LogP contribution in [0.5, 0.6) is 0 Å². The number of nitrogens with one attached hydrogen (secondary N) is 1. The fourth-order valence-corrected chi connectivity index (χ4v) is 3.83. The maximum Gasteiger partial charge on any atom is 0.433 e. The van der Waals surface area contributed by atoms with E-state index in [0.717, 1.165) is 22.9 Å². The standard InChI is InChI=1S/C25H27F3N6O/c1-14-9-7-8-10-17(14)13-33-16(3)22(15(2)31-33)30-23(35)18-11-21-29-19(24(4,5)6)12-20(25(26,27)28)34(21)32-18/h7-12H,13H2,1-6H3,(H,30,35). The van der Waals surface area contributed by atoms with E-state index < -0.39 is 23.2 Å². The third kappa shape index (κ3) is 4.78. The van der Waals surface area contributed by atoms with Crippen LogP contribution in [0.25, 0.3) is 5.65 Å². The number of carbonyl (C=O) groups is 1. The van der Waals surface area contributed by atoms with E-state index in [4.69, 9.17) is 0 Å². The third-order valence-corrected chi connectivity index (χ3v) is 5.92. The summed E-state index contributed by atoms with van der Waals surface area (Å²) in [5.41, 5.74) is 2.49. The summed E-state index contributed by atoms with van der Waals surface area (Å²) in [6, 6.07) is 10.2. The molecular formula is C25H27F3N6O. The molecule has 4 rings (SSSR count). The summed E-state index contributed by atoms with van der Waals surface area (Å²) in [6.07, 6.45) is -4.66. The van der Waals surface area contributed by atoms with E-state index in [1.807, 2.05) is 38.1 Å². The second-order valence-corrected chi connectivity index (χ2v) is 9.66. The first kappa shape index (κ1) is 24.4. The summed E-state index contributed by atoms with van der Waals surface area (Å²) in [6.45, 7) is 11.5. The highest BCUT2D eigenvalue weighted by Gasteiger charge is 2.36. The molecule has 0 spiro atoms. The number of hydrogen-bond donors (Lipinski definition) is 1. The van der Waals surface area contributed by atoms with E-state index in [9.17, 15) is 18.0 Å². The largest absolute Gasteiger partial charge is 0.433 e. The molecule has 35 heavy (non-hydrogen) atoms. The zero-order valence-corrected chi connectivity index (χ0v) is 20.4. The molecule has 0 bridgehead atoms. The Hall–Kier alpha value is -3.69. The first-order valence-corrected chi connectivity index (χ1v) is 11.1. The van der Waals surface area contributed by atoms with Crippen LogP contribution in [0, 0.1) is 20.8 Å². The summed E-state index contributed by atoms with van der Waals surface area (Å²) in [4.78, 5) is 17.3. The van der Waals surface area contributed by atoms with E-state index in [2.05, 4.69) is 20.5 Å². The molecular weight excluding hydrogens is 457 g/mol. The SMILES string of the molecule is Cc1ccccc1Cn1nc(C)c(NC(=O)c2cc3nc(C(C)(C)C)cc(C(F)(F)F)n3n2)c1C. The average molecular weight is 485 g/mol. The lowest BCUT2D eigenvalue weighted by Gasteiger charge is -2.19. The first-order valence-electron chi connectivity index (χ1n) is 11.1. The minimum atomic E-state index is -4.66. The van der Waals surface area contributed by atoms with Gasteiger partial charge in [-0.1, -0.05) is 45.0 Å². The number of aryl methyl sites for hydroxylation is 2. The molecule has 1 amide bonds. The molecule has 1 aromatic carbocycles. The second kappa shape index (κ2) is 8.51. The Morgan fingerprint density at radius 1 is 1.03 bits per heavy atom. The van der Waals surface area contributed by atoms with Gasteiger partial charge in [0.1, 0.15) is 5.69 Å². The Balaban J connectivity index is 1.68. The Kier molecular flexibility index (Phi) is 5.94. The molecule has 3 heterocycles. The molecule has 3 aromatic heterocycles. The van der Waals surface area contributed by atoms with Crippen LogP contribution in [0.15, 0.2) is 36.4 Å². The van der Waals surface area contributed by atoms with Crippen molar-refractivity contribution in [2.24, 2.45) is 0 Å². The monoisotopic (exact) mass is 484 g/mol. The van der Waals surface area contributed by atoms with Gasteiger partial charge in [0, 0.05) is 11.5 Å². The molecule has 0 saturated heterocycles. The van der Waals surface area contributed by atoms with Gasteiger partial charge in [-0.2, -0.15) is 23.4 Å². The fourth-order valence-electron chi connectivity index (χ4n) is 3.83. The third-order valence-electron chi connectivity index (χ3n) is 5.92. The summed E-state index contributed by atoms with van der Waals surface area (Å²) in [7, 11) is 0. The topological polar surface area (TPSA) is 77.1 Å². The number of nitrogens with zero attached hydrogens (tertiary/aromatic N) is 5. The van der Waals surface area contributed by atoms with Crippen LogP contribution in [0.2, 0.25) is 0 Å². The van der Waals surface area contributed by atoms with Gasteiger partial charge < -0.3 is 5.32 Å². The fraction of sp³-hybridized carbons (Fsp3) is 0.360. The first-order chi connectivity index (χ1) is 16.3. The van der Waals surface area contributed by atoms with Crippen LogP contribution < -0.4 is 5.32 Å². The van der Waals surface area contributed by atoms with E-state index in [0.29, 0.717) is 22.4 Å². The van der Waals surface area contributed by atoms with Gasteiger partial charge >= 0.3 is 6.18 Å². The normalized spacial score (nSPS) is 12.4. The zero-order valence-electron chi connectivity index (χ0n) is 20.4. The molecule has 0 radical (unpaired) electrons. The van der Waals surface area contributed by atoms with Crippen molar-refractivity contribution in [3.05, 3.63) is 76.0 Å². The number of amides is 1. The number of hydrogen-bond acceptors (Lipinski definition) is 4. The highest BCUT2D eigenvalue weighted by atomic mass is 19.4. The van der Waals surface area contributed by atoms with Crippen LogP contribution in [0.1, 0.15) is 65.2 Å². The van der Waals surface area contributed by atoms with Gasteiger partial charge in [0.05, 0.1) is 29.3 Å². The number of alkyl halides is 3. The lowest BCUT2D eigenvalue weighted by atomic mass is 9.91. The number of aromatic nitrogens is 5. The van der Waals surface area contributed by atoms with Crippen molar-refractivity contribution in [1.82, 2.24) is 24.4 Å². The molecule has 0 saturated carbocycles. The van der Waals surface area contributed by atoms with Crippen LogP contribution >= 0.6 is 0 Å². The minimum absolute atomic E-state index is 0.0430. The number of halogens is 3. The van der Waals surface area contributed by atoms with Gasteiger partial charge in [0.15, 0.2) is 11.3 Å². The molecule has 0 fully saturated rings. The Labute approximate surface area is 201 Å². The van der Waals surface area contributed by atoms with Crippen molar-refractivity contribution in [3.63, 3.8) is 0 Å². The lowest BCUT2D eigenvalue weighted by Crippen LogP contribution is -2.20. The van der Waals surface area contributed by atoms with Crippen molar-refractivity contribution in [2.45, 2.75) is 59.7 Å². The Morgan fingerprint density at radius 2 is 1.71 bits per heavy atom. The Bertz CT molecular complexity index is 1430. The van der Waals surface area contributed by atoms with Gasteiger partial charge in [-0.3, -0.25) is 9.48 Å². The lowest BCUT2D eigenvalue weighted by molar-refractivity contribution is -0.142. The van der Waals surface area contributed by atoms with Crippen LogP contribution in [-0.4, -0.2) is 30.3 Å². The molecule has 7 nitrogen and oxygen atoms in total. The quantitative estimate of drug-likeness (QED) is 0.417. The predicted octanol–water partition coefficient (Wildman–Crippen LogP) is 5.47. The zero-order chi connectivity index (χ0) is 25.7. The van der Waals surface area contributed by atoms with Crippen molar-refractivity contribution in [2.75, 3.05) is 5.32 Å². The van der Waals surface area contributed by atoms with Gasteiger partial charge in [-0.05, 0) is 38.0 Å². The maximum atomic E-state index is 13.8. The molecule has 0 aliphatic rings. The summed E-state index contributed by atoms with van der Waals surface area (Å²) in [5, 5.41) is 11.2. The molecule has 0 aliphatic carbocycles. The molecule has 1 N–H and O–H groups in total. The van der Waals surface area contributed by atoms with Crippen molar-refractivity contribution in [3.8, 4) is 0 Å². The van der Waals surface area contributed by atoms with Crippen molar-refractivity contribution < 1.29 is 18.0 Å². The van der Waals surface area contributed by atoms with E-state index in [-0.39, 0.29) is 17.0 Å². The van der Waals surface area contributed by atoms with E-state index in [1.54, 1.807) is 32.4 Å². The maximum absolute atomic E-state index is 13.8. The Morgan fingerprint density at radius 3 is 2.34 bits per heavy atom. The number of fused-ring (bicyclic) bond motifs is 1. The predicted molar refractivity (Wildman–Crippen MR) is 127 cm³/mol. The molecule has 0 aliphatic heterocycles. The molecule has 10 heteroatoms. The highest BCUT2D eigenvalue weighted by molar-refractivity contribution is 6.04. The van der Waals surface area contributed by atoms with Crippen LogP contribution in [0.3, 0.4) is 0 Å². The van der Waals surface area contributed by atoms with Gasteiger partial charge in [-0.25, -0.2) is 9.50 Å². The molecule has 0 unspecified atom stereocenters. The van der Waals surface area contributed by atoms with Crippen molar-refractivity contribution in [1.29, 1.82) is 0 Å². The van der Waals surface area contributed by atoms with E-state index >= 15 is 0 Å². The highest BCUT2D eigenvalue weighted by Crippen LogP contribution is 2.33.